The normalized spacial score (nSPS) is 15.3. The fourth-order valence-corrected chi connectivity index (χ4v) is 6.31. The number of H-pyrrole nitrogens is 1. The maximum Gasteiger partial charge on any atom is 0.252 e. The van der Waals surface area contributed by atoms with Gasteiger partial charge in [0, 0.05) is 29.2 Å². The molecule has 0 radical (unpaired) electrons. The molecule has 0 atom stereocenters. The maximum absolute atomic E-state index is 13.8. The van der Waals surface area contributed by atoms with Gasteiger partial charge in [-0.15, -0.1) is 0 Å². The summed E-state index contributed by atoms with van der Waals surface area (Å²) in [5.74, 6) is -0.187. The van der Waals surface area contributed by atoms with E-state index >= 15 is 0 Å². The lowest BCUT2D eigenvalue weighted by atomic mass is 9.95. The third kappa shape index (κ3) is 4.80. The number of hydrogen-bond acceptors (Lipinski definition) is 4. The third-order valence-electron chi connectivity index (χ3n) is 6.69. The number of ketones is 1. The largest absolute Gasteiger partial charge is 0.322 e. The van der Waals surface area contributed by atoms with Gasteiger partial charge in [0.1, 0.15) is 0 Å². The molecule has 0 spiro atoms. The molecule has 6 nitrogen and oxygen atoms in total. The van der Waals surface area contributed by atoms with Crippen LogP contribution in [0.5, 0.6) is 0 Å². The van der Waals surface area contributed by atoms with Gasteiger partial charge >= 0.3 is 0 Å². The zero-order chi connectivity index (χ0) is 23.8. The van der Waals surface area contributed by atoms with Gasteiger partial charge in [-0.2, -0.15) is 4.31 Å². The van der Waals surface area contributed by atoms with E-state index in [9.17, 15) is 18.0 Å². The van der Waals surface area contributed by atoms with E-state index in [1.807, 2.05) is 26.0 Å². The quantitative estimate of drug-likeness (QED) is 0.525. The predicted molar refractivity (Wildman–Crippen MR) is 130 cm³/mol. The van der Waals surface area contributed by atoms with Gasteiger partial charge in [0.15, 0.2) is 5.78 Å². The number of carbonyl (C=O) groups is 1. The molecule has 1 N–H and O–H groups in total. The van der Waals surface area contributed by atoms with Crippen molar-refractivity contribution in [2.24, 2.45) is 0 Å². The number of carbonyl (C=O) groups excluding carboxylic acids is 1. The summed E-state index contributed by atoms with van der Waals surface area (Å²) in [5.41, 5.74) is 3.44. The second kappa shape index (κ2) is 9.23. The van der Waals surface area contributed by atoms with E-state index in [0.29, 0.717) is 11.1 Å². The topological polar surface area (TPSA) is 87.3 Å². The zero-order valence-corrected chi connectivity index (χ0v) is 20.2. The van der Waals surface area contributed by atoms with Crippen molar-refractivity contribution >= 4 is 26.7 Å². The van der Waals surface area contributed by atoms with Crippen LogP contribution in [0.15, 0.2) is 52.2 Å². The first-order chi connectivity index (χ1) is 15.7. The Balaban J connectivity index is 1.79. The Morgan fingerprint density at radius 2 is 1.73 bits per heavy atom. The standard InChI is InChI=1S/C26H30N2O4S/c1-17-12-21-14-22(26(30)27-25(21)13-18(17)2)16-28(23-9-5-4-6-10-23)33(31,32)24-11-7-8-20(15-24)19(3)29/h7-8,11-15,23H,4-6,9-10,16H2,1-3H3,(H,27,30). The second-order valence-electron chi connectivity index (χ2n) is 9.07. The van der Waals surface area contributed by atoms with Gasteiger partial charge in [-0.3, -0.25) is 9.59 Å². The van der Waals surface area contributed by atoms with Crippen molar-refractivity contribution in [3.63, 3.8) is 0 Å². The van der Waals surface area contributed by atoms with Crippen LogP contribution in [-0.4, -0.2) is 29.5 Å². The van der Waals surface area contributed by atoms with Crippen molar-refractivity contribution in [3.8, 4) is 0 Å². The second-order valence-corrected chi connectivity index (χ2v) is 11.0. The molecule has 0 bridgehead atoms. The number of rotatable bonds is 6. The smallest absolute Gasteiger partial charge is 0.252 e. The van der Waals surface area contributed by atoms with Crippen molar-refractivity contribution in [3.05, 3.63) is 75.1 Å². The molecule has 174 valence electrons. The third-order valence-corrected chi connectivity index (χ3v) is 8.59. The Kier molecular flexibility index (Phi) is 6.54. The number of fused-ring (bicyclic) bond motifs is 1. The number of aryl methyl sites for hydroxylation is 2. The lowest BCUT2D eigenvalue weighted by molar-refractivity contribution is 0.101. The van der Waals surface area contributed by atoms with Crippen LogP contribution in [0, 0.1) is 13.8 Å². The molecule has 0 unspecified atom stereocenters. The molecule has 1 heterocycles. The Morgan fingerprint density at radius 3 is 2.42 bits per heavy atom. The number of aromatic amines is 1. The fraction of sp³-hybridized carbons (Fsp3) is 0.385. The van der Waals surface area contributed by atoms with E-state index in [1.165, 1.54) is 23.4 Å². The molecule has 0 aliphatic heterocycles. The minimum Gasteiger partial charge on any atom is -0.322 e. The Labute approximate surface area is 194 Å². The Hall–Kier alpha value is -2.77. The summed E-state index contributed by atoms with van der Waals surface area (Å²) >= 11 is 0. The molecule has 1 fully saturated rings. The van der Waals surface area contributed by atoms with E-state index in [1.54, 1.807) is 18.2 Å². The molecule has 4 rings (SSSR count). The zero-order valence-electron chi connectivity index (χ0n) is 19.3. The average Bonchev–Trinajstić information content (AvgIpc) is 2.79. The summed E-state index contributed by atoms with van der Waals surface area (Å²) in [7, 11) is -3.91. The summed E-state index contributed by atoms with van der Waals surface area (Å²) in [5, 5.41) is 0.882. The van der Waals surface area contributed by atoms with E-state index in [-0.39, 0.29) is 28.8 Å². The van der Waals surface area contributed by atoms with E-state index in [4.69, 9.17) is 0 Å². The predicted octanol–water partition coefficient (Wildman–Crippen LogP) is 4.87. The van der Waals surface area contributed by atoms with Gasteiger partial charge < -0.3 is 4.98 Å². The number of benzene rings is 2. The molecule has 0 saturated heterocycles. The number of pyridine rings is 1. The van der Waals surface area contributed by atoms with Crippen LogP contribution in [0.1, 0.15) is 66.1 Å². The van der Waals surface area contributed by atoms with Gasteiger partial charge in [-0.05, 0) is 80.5 Å². The molecule has 7 heteroatoms. The lowest BCUT2D eigenvalue weighted by Gasteiger charge is -2.33. The molecule has 3 aromatic rings. The van der Waals surface area contributed by atoms with Crippen molar-refractivity contribution in [2.45, 2.75) is 70.4 Å². The number of aromatic nitrogens is 1. The summed E-state index contributed by atoms with van der Waals surface area (Å²) in [6.45, 7) is 5.42. The van der Waals surface area contributed by atoms with Gasteiger partial charge in [0.25, 0.3) is 5.56 Å². The molecule has 1 aliphatic rings. The number of sulfonamides is 1. The van der Waals surface area contributed by atoms with Crippen LogP contribution < -0.4 is 5.56 Å². The lowest BCUT2D eigenvalue weighted by Crippen LogP contribution is -2.42. The van der Waals surface area contributed by atoms with Crippen LogP contribution >= 0.6 is 0 Å². The highest BCUT2D eigenvalue weighted by atomic mass is 32.2. The maximum atomic E-state index is 13.8. The van der Waals surface area contributed by atoms with Crippen molar-refractivity contribution in [1.82, 2.24) is 9.29 Å². The summed E-state index contributed by atoms with van der Waals surface area (Å²) in [4.78, 5) is 27.8. The Morgan fingerprint density at radius 1 is 1.03 bits per heavy atom. The minimum absolute atomic E-state index is 0.00447. The number of hydrogen-bond donors (Lipinski definition) is 1. The minimum atomic E-state index is -3.91. The van der Waals surface area contributed by atoms with Crippen LogP contribution in [0.3, 0.4) is 0 Å². The highest BCUT2D eigenvalue weighted by Gasteiger charge is 2.33. The van der Waals surface area contributed by atoms with Crippen molar-refractivity contribution < 1.29 is 13.2 Å². The fourth-order valence-electron chi connectivity index (χ4n) is 4.60. The van der Waals surface area contributed by atoms with Gasteiger partial charge in [-0.1, -0.05) is 31.4 Å². The number of nitrogens with one attached hydrogen (secondary N) is 1. The van der Waals surface area contributed by atoms with E-state index < -0.39 is 10.0 Å². The molecule has 1 aromatic heterocycles. The Bertz CT molecular complexity index is 1370. The molecule has 1 aliphatic carbocycles. The molecular weight excluding hydrogens is 436 g/mol. The highest BCUT2D eigenvalue weighted by molar-refractivity contribution is 7.89. The van der Waals surface area contributed by atoms with Gasteiger partial charge in [0.2, 0.25) is 10.0 Å². The summed E-state index contributed by atoms with van der Waals surface area (Å²) in [6.07, 6.45) is 4.51. The first kappa shape index (κ1) is 23.4. The van der Waals surface area contributed by atoms with Crippen LogP contribution in [0.4, 0.5) is 0 Å². The summed E-state index contributed by atoms with van der Waals surface area (Å²) < 4.78 is 29.0. The van der Waals surface area contributed by atoms with E-state index in [0.717, 1.165) is 54.1 Å². The highest BCUT2D eigenvalue weighted by Crippen LogP contribution is 2.30. The van der Waals surface area contributed by atoms with Gasteiger partial charge in [-0.25, -0.2) is 8.42 Å². The molecule has 0 amide bonds. The first-order valence-corrected chi connectivity index (χ1v) is 12.9. The average molecular weight is 467 g/mol. The molecule has 2 aromatic carbocycles. The monoisotopic (exact) mass is 466 g/mol. The number of nitrogens with zero attached hydrogens (tertiary/aromatic N) is 1. The first-order valence-electron chi connectivity index (χ1n) is 11.4. The van der Waals surface area contributed by atoms with Crippen molar-refractivity contribution in [2.75, 3.05) is 0 Å². The molecular formula is C26H30N2O4S. The molecule has 33 heavy (non-hydrogen) atoms. The van der Waals surface area contributed by atoms with Crippen LogP contribution in [0.25, 0.3) is 10.9 Å². The molecule has 1 saturated carbocycles. The van der Waals surface area contributed by atoms with Crippen molar-refractivity contribution in [1.29, 1.82) is 0 Å². The number of Topliss-reactive ketones (excluding diaryl/α,β-unsaturated/α-hetero) is 1. The SMILES string of the molecule is CC(=O)c1cccc(S(=O)(=O)N(Cc2cc3cc(C)c(C)cc3[nH]c2=O)C2CCCCC2)c1. The van der Waals surface area contributed by atoms with E-state index in [2.05, 4.69) is 4.98 Å². The van der Waals surface area contributed by atoms with Gasteiger partial charge in [0.05, 0.1) is 4.90 Å². The van der Waals surface area contributed by atoms with Crippen LogP contribution in [-0.2, 0) is 16.6 Å². The summed E-state index contributed by atoms with van der Waals surface area (Å²) in [6, 6.07) is 11.7. The van der Waals surface area contributed by atoms with Crippen LogP contribution in [0.2, 0.25) is 0 Å².